The first-order valence-corrected chi connectivity index (χ1v) is 7.08. The van der Waals surface area contributed by atoms with Crippen LogP contribution in [0.5, 0.6) is 0 Å². The monoisotopic (exact) mass is 274 g/mol. The highest BCUT2D eigenvalue weighted by molar-refractivity contribution is 7.99. The van der Waals surface area contributed by atoms with Gasteiger partial charge in [-0.2, -0.15) is 0 Å². The van der Waals surface area contributed by atoms with Gasteiger partial charge in [0.05, 0.1) is 0 Å². The first-order valence-electron chi connectivity index (χ1n) is 5.67. The quantitative estimate of drug-likeness (QED) is 0.625. The highest BCUT2D eigenvalue weighted by atomic mass is 35.5. The van der Waals surface area contributed by atoms with Gasteiger partial charge >= 0.3 is 0 Å². The second kappa shape index (κ2) is 5.91. The number of thioether (sulfide) groups is 1. The fraction of sp³-hybridized carbons (Fsp3) is 0.667. The number of halogens is 1. The minimum Gasteiger partial charge on any atom is -0.306 e. The molecule has 0 N–H and O–H groups in total. The molecule has 1 unspecified atom stereocenters. The molecule has 1 atom stereocenters. The molecule has 1 aromatic rings. The summed E-state index contributed by atoms with van der Waals surface area (Å²) in [6.45, 7) is 8.07. The maximum Gasteiger partial charge on any atom is 0.283 e. The van der Waals surface area contributed by atoms with E-state index >= 15 is 0 Å². The maximum absolute atomic E-state index is 12.2. The summed E-state index contributed by atoms with van der Waals surface area (Å²) < 4.78 is 1.72. The average molecular weight is 275 g/mol. The lowest BCUT2D eigenvalue weighted by Crippen LogP contribution is -2.34. The zero-order valence-electron chi connectivity index (χ0n) is 10.7. The fourth-order valence-electron chi connectivity index (χ4n) is 1.41. The fourth-order valence-corrected chi connectivity index (χ4v) is 2.80. The van der Waals surface area contributed by atoms with Crippen molar-refractivity contribution in [1.82, 2.24) is 9.55 Å². The molecule has 0 bridgehead atoms. The summed E-state index contributed by atoms with van der Waals surface area (Å²) in [4.78, 5) is 16.4. The first-order chi connectivity index (χ1) is 7.86. The van der Waals surface area contributed by atoms with Crippen LogP contribution in [0.15, 0.2) is 22.2 Å². The van der Waals surface area contributed by atoms with Crippen molar-refractivity contribution < 1.29 is 0 Å². The van der Waals surface area contributed by atoms with Crippen LogP contribution in [0.1, 0.15) is 34.1 Å². The first kappa shape index (κ1) is 14.6. The molecule has 5 heteroatoms. The van der Waals surface area contributed by atoms with Crippen molar-refractivity contribution in [2.75, 3.05) is 5.88 Å². The molecule has 0 saturated heterocycles. The lowest BCUT2D eigenvalue weighted by molar-refractivity contribution is 0.377. The Kier molecular flexibility index (Phi) is 5.07. The smallest absolute Gasteiger partial charge is 0.283 e. The topological polar surface area (TPSA) is 34.9 Å². The zero-order chi connectivity index (χ0) is 13.1. The van der Waals surface area contributed by atoms with Gasteiger partial charge in [-0.15, -0.1) is 11.6 Å². The predicted molar refractivity (Wildman–Crippen MR) is 74.1 cm³/mol. The van der Waals surface area contributed by atoms with Crippen LogP contribution in [0.4, 0.5) is 0 Å². The Morgan fingerprint density at radius 3 is 2.71 bits per heavy atom. The van der Waals surface area contributed by atoms with E-state index in [2.05, 4.69) is 11.9 Å². The molecule has 1 heterocycles. The summed E-state index contributed by atoms with van der Waals surface area (Å²) in [6.07, 6.45) is 4.29. The number of alkyl halides is 1. The number of hydrogen-bond acceptors (Lipinski definition) is 3. The van der Waals surface area contributed by atoms with Gasteiger partial charge in [0.15, 0.2) is 5.03 Å². The maximum atomic E-state index is 12.2. The van der Waals surface area contributed by atoms with E-state index in [1.54, 1.807) is 17.0 Å². The van der Waals surface area contributed by atoms with Crippen LogP contribution < -0.4 is 5.56 Å². The summed E-state index contributed by atoms with van der Waals surface area (Å²) in [5.74, 6) is 0.606. The molecule has 0 radical (unpaired) electrons. The summed E-state index contributed by atoms with van der Waals surface area (Å²) in [5.41, 5.74) is -0.239. The van der Waals surface area contributed by atoms with Gasteiger partial charge in [0.2, 0.25) is 0 Å². The van der Waals surface area contributed by atoms with Gasteiger partial charge in [-0.05, 0) is 27.2 Å². The molecule has 1 rings (SSSR count). The second-order valence-electron chi connectivity index (χ2n) is 4.98. The van der Waals surface area contributed by atoms with E-state index < -0.39 is 0 Å². The molecule has 0 saturated carbocycles. The lowest BCUT2D eigenvalue weighted by atomic mass is 10.1. The molecular weight excluding hydrogens is 256 g/mol. The number of aromatic nitrogens is 2. The lowest BCUT2D eigenvalue weighted by Gasteiger charge is -2.22. The van der Waals surface area contributed by atoms with Crippen LogP contribution in [0.3, 0.4) is 0 Å². The summed E-state index contributed by atoms with van der Waals surface area (Å²) >= 11 is 7.19. The SMILES string of the molecule is CC(CCCl)Sc1nccn(C(C)(C)C)c1=O. The van der Waals surface area contributed by atoms with Crippen molar-refractivity contribution in [3.05, 3.63) is 22.7 Å². The van der Waals surface area contributed by atoms with E-state index in [0.717, 1.165) is 6.42 Å². The van der Waals surface area contributed by atoms with Crippen molar-refractivity contribution in [2.45, 2.75) is 49.9 Å². The van der Waals surface area contributed by atoms with E-state index in [1.165, 1.54) is 11.8 Å². The third kappa shape index (κ3) is 4.03. The second-order valence-corrected chi connectivity index (χ2v) is 6.79. The highest BCUT2D eigenvalue weighted by Crippen LogP contribution is 2.21. The molecular formula is C12H19ClN2OS. The third-order valence-electron chi connectivity index (χ3n) is 2.36. The Hall–Kier alpha value is -0.480. The molecule has 0 spiro atoms. The minimum atomic E-state index is -0.217. The van der Waals surface area contributed by atoms with Gasteiger partial charge in [-0.3, -0.25) is 4.79 Å². The van der Waals surface area contributed by atoms with Crippen LogP contribution in [0.25, 0.3) is 0 Å². The number of rotatable bonds is 4. The molecule has 96 valence electrons. The Morgan fingerprint density at radius 2 is 2.18 bits per heavy atom. The third-order valence-corrected chi connectivity index (χ3v) is 3.72. The molecule has 3 nitrogen and oxygen atoms in total. The van der Waals surface area contributed by atoms with Gasteiger partial charge in [0.1, 0.15) is 0 Å². The van der Waals surface area contributed by atoms with Crippen molar-refractivity contribution in [3.63, 3.8) is 0 Å². The Balaban J connectivity index is 3.00. The van der Waals surface area contributed by atoms with E-state index in [9.17, 15) is 4.79 Å². The predicted octanol–water partition coefficient (Wildman–Crippen LogP) is 3.11. The van der Waals surface area contributed by atoms with Gasteiger partial charge in [-0.1, -0.05) is 18.7 Å². The summed E-state index contributed by atoms with van der Waals surface area (Å²) in [5, 5.41) is 0.864. The van der Waals surface area contributed by atoms with Crippen LogP contribution in [0, 0.1) is 0 Å². The normalized spacial score (nSPS) is 13.7. The van der Waals surface area contributed by atoms with Crippen LogP contribution in [0.2, 0.25) is 0 Å². The number of hydrogen-bond donors (Lipinski definition) is 0. The molecule has 0 amide bonds. The summed E-state index contributed by atoms with van der Waals surface area (Å²) in [6, 6.07) is 0. The van der Waals surface area contributed by atoms with E-state index in [4.69, 9.17) is 11.6 Å². The van der Waals surface area contributed by atoms with E-state index in [0.29, 0.717) is 16.2 Å². The Labute approximate surface area is 112 Å². The van der Waals surface area contributed by atoms with Gasteiger partial charge < -0.3 is 4.57 Å². The van der Waals surface area contributed by atoms with Gasteiger partial charge in [0.25, 0.3) is 5.56 Å². The van der Waals surface area contributed by atoms with Gasteiger partial charge in [-0.25, -0.2) is 4.98 Å². The molecule has 0 aromatic carbocycles. The average Bonchev–Trinajstić information content (AvgIpc) is 2.19. The minimum absolute atomic E-state index is 0.0218. The molecule has 0 aliphatic heterocycles. The highest BCUT2D eigenvalue weighted by Gasteiger charge is 2.17. The van der Waals surface area contributed by atoms with Crippen LogP contribution >= 0.6 is 23.4 Å². The molecule has 0 aliphatic rings. The summed E-state index contributed by atoms with van der Waals surface area (Å²) in [7, 11) is 0. The number of nitrogens with zero attached hydrogens (tertiary/aromatic N) is 2. The van der Waals surface area contributed by atoms with Crippen molar-refractivity contribution in [3.8, 4) is 0 Å². The molecule has 0 fully saturated rings. The molecule has 17 heavy (non-hydrogen) atoms. The van der Waals surface area contributed by atoms with Crippen molar-refractivity contribution in [2.24, 2.45) is 0 Å². The van der Waals surface area contributed by atoms with E-state index in [-0.39, 0.29) is 11.1 Å². The Morgan fingerprint density at radius 1 is 1.53 bits per heavy atom. The standard InChI is InChI=1S/C12H19ClN2OS/c1-9(5-6-13)17-10-11(16)15(8-7-14-10)12(2,3)4/h7-9H,5-6H2,1-4H3. The zero-order valence-corrected chi connectivity index (χ0v) is 12.3. The van der Waals surface area contributed by atoms with E-state index in [1.807, 2.05) is 20.8 Å². The Bertz CT molecular complexity index is 425. The van der Waals surface area contributed by atoms with Crippen LogP contribution in [-0.4, -0.2) is 20.7 Å². The molecule has 1 aromatic heterocycles. The van der Waals surface area contributed by atoms with Crippen LogP contribution in [-0.2, 0) is 5.54 Å². The van der Waals surface area contributed by atoms with Gasteiger partial charge in [0, 0.05) is 29.1 Å². The van der Waals surface area contributed by atoms with Crippen molar-refractivity contribution >= 4 is 23.4 Å². The molecule has 0 aliphatic carbocycles. The largest absolute Gasteiger partial charge is 0.306 e. The van der Waals surface area contributed by atoms with Crippen molar-refractivity contribution in [1.29, 1.82) is 0 Å².